The van der Waals surface area contributed by atoms with Gasteiger partial charge in [0, 0.05) is 62.6 Å². The van der Waals surface area contributed by atoms with E-state index in [-0.39, 0.29) is 18.4 Å². The predicted octanol–water partition coefficient (Wildman–Crippen LogP) is 4.30. The lowest BCUT2D eigenvalue weighted by atomic mass is 9.61. The number of rotatable bonds is 5. The third-order valence-corrected chi connectivity index (χ3v) is 7.89. The molecule has 3 N–H and O–H groups in total. The van der Waals surface area contributed by atoms with Crippen LogP contribution >= 0.6 is 0 Å². The van der Waals surface area contributed by atoms with Gasteiger partial charge in [-0.2, -0.15) is 0 Å². The average Bonchev–Trinajstić information content (AvgIpc) is 3.28. The molecular weight excluding hydrogens is 490 g/mol. The van der Waals surface area contributed by atoms with E-state index >= 15 is 0 Å². The minimum absolute atomic E-state index is 0.183. The number of nitrogens with zero attached hydrogens (tertiary/aromatic N) is 4. The molecule has 0 amide bonds. The molecule has 3 fully saturated rings. The van der Waals surface area contributed by atoms with E-state index in [1.54, 1.807) is 16.2 Å². The number of fused-ring (bicyclic) bond motifs is 1. The molecule has 200 valence electrons. The summed E-state index contributed by atoms with van der Waals surface area (Å²) in [6.07, 6.45) is 7.47. The first kappa shape index (κ1) is 24.9. The maximum Gasteiger partial charge on any atom is 0.279 e. The van der Waals surface area contributed by atoms with E-state index in [1.165, 1.54) is 19.2 Å². The van der Waals surface area contributed by atoms with Crippen LogP contribution in [0.15, 0.2) is 47.7 Å². The maximum absolute atomic E-state index is 14.2. The monoisotopic (exact) mass is 522 g/mol. The topological polar surface area (TPSA) is 104 Å². The van der Waals surface area contributed by atoms with Gasteiger partial charge in [0.15, 0.2) is 0 Å². The minimum atomic E-state index is -2.76. The van der Waals surface area contributed by atoms with Crippen molar-refractivity contribution >= 4 is 10.9 Å². The molecule has 38 heavy (non-hydrogen) atoms. The van der Waals surface area contributed by atoms with Gasteiger partial charge in [0.2, 0.25) is 0 Å². The number of ether oxygens (including phenoxy) is 1. The SMILES string of the molecule is C1CCOC1.Cn1cnnc1C1(c2cccc(-n3cc(C4CC4)c4cc(CN)[nH]c4c3=O)c2)CC(F)(F)C1. The van der Waals surface area contributed by atoms with Crippen molar-refractivity contribution in [3.63, 3.8) is 0 Å². The number of nitrogens with one attached hydrogen (secondary N) is 1. The molecule has 3 aliphatic rings. The van der Waals surface area contributed by atoms with Crippen molar-refractivity contribution in [1.29, 1.82) is 0 Å². The fourth-order valence-corrected chi connectivity index (χ4v) is 5.82. The Kier molecular flexibility index (Phi) is 6.19. The molecule has 4 heterocycles. The summed E-state index contributed by atoms with van der Waals surface area (Å²) in [6.45, 7) is 2.32. The summed E-state index contributed by atoms with van der Waals surface area (Å²) < 4.78 is 36.6. The molecule has 0 spiro atoms. The number of benzene rings is 1. The van der Waals surface area contributed by atoms with Crippen molar-refractivity contribution in [3.8, 4) is 5.69 Å². The second kappa shape index (κ2) is 9.43. The number of aromatic nitrogens is 5. The molecule has 2 saturated carbocycles. The molecule has 4 aromatic rings. The molecule has 3 aromatic heterocycles. The van der Waals surface area contributed by atoms with Crippen LogP contribution in [-0.2, 0) is 23.7 Å². The molecule has 1 aromatic carbocycles. The van der Waals surface area contributed by atoms with Crippen LogP contribution in [0.1, 0.15) is 67.1 Å². The number of pyridine rings is 1. The Morgan fingerprint density at radius 2 is 1.95 bits per heavy atom. The Morgan fingerprint density at radius 1 is 1.18 bits per heavy atom. The van der Waals surface area contributed by atoms with Crippen LogP contribution in [0, 0.1) is 0 Å². The first-order chi connectivity index (χ1) is 18.3. The summed E-state index contributed by atoms with van der Waals surface area (Å²) in [6, 6.07) is 9.28. The van der Waals surface area contributed by atoms with Crippen LogP contribution in [0.25, 0.3) is 16.6 Å². The first-order valence-corrected chi connectivity index (χ1v) is 13.2. The summed E-state index contributed by atoms with van der Waals surface area (Å²) in [5, 5.41) is 9.00. The van der Waals surface area contributed by atoms with E-state index < -0.39 is 11.3 Å². The zero-order valence-corrected chi connectivity index (χ0v) is 21.4. The lowest BCUT2D eigenvalue weighted by Gasteiger charge is -2.46. The van der Waals surface area contributed by atoms with Gasteiger partial charge in [0.25, 0.3) is 11.5 Å². The Balaban J connectivity index is 0.000000476. The van der Waals surface area contributed by atoms with Crippen molar-refractivity contribution < 1.29 is 13.5 Å². The molecule has 8 nitrogen and oxygen atoms in total. The highest BCUT2D eigenvalue weighted by Gasteiger charge is 2.60. The van der Waals surface area contributed by atoms with E-state index in [9.17, 15) is 13.6 Å². The Hall–Kier alpha value is -3.37. The number of aryl methyl sites for hydroxylation is 1. The minimum Gasteiger partial charge on any atom is -0.381 e. The van der Waals surface area contributed by atoms with Crippen molar-refractivity contribution in [2.24, 2.45) is 12.8 Å². The maximum atomic E-state index is 14.2. The number of halogens is 2. The van der Waals surface area contributed by atoms with E-state index in [4.69, 9.17) is 10.5 Å². The van der Waals surface area contributed by atoms with Crippen LogP contribution in [0.5, 0.6) is 0 Å². The normalized spacial score (nSPS) is 19.7. The standard InChI is InChI=1S/C24H24F2N6O.C4H8O/c1-31-13-28-30-22(31)23(11-24(25,26)12-23)15-3-2-4-17(7-15)32-10-19(14-5-6-14)18-8-16(9-27)29-20(18)21(32)33;1-2-4-5-3-1/h2-4,7-8,10,13-14,29H,5-6,9,11-12,27H2,1H3;1-4H2. The van der Waals surface area contributed by atoms with Gasteiger partial charge < -0.3 is 20.0 Å². The van der Waals surface area contributed by atoms with Gasteiger partial charge in [0.05, 0.1) is 5.41 Å². The van der Waals surface area contributed by atoms with Gasteiger partial charge in [-0.1, -0.05) is 12.1 Å². The highest BCUT2D eigenvalue weighted by Crippen LogP contribution is 2.56. The molecule has 0 radical (unpaired) electrons. The molecule has 0 atom stereocenters. The molecule has 1 saturated heterocycles. The molecule has 2 aliphatic carbocycles. The van der Waals surface area contributed by atoms with Gasteiger partial charge in [-0.3, -0.25) is 9.36 Å². The fourth-order valence-electron chi connectivity index (χ4n) is 5.82. The summed E-state index contributed by atoms with van der Waals surface area (Å²) in [4.78, 5) is 16.6. The van der Waals surface area contributed by atoms with Crippen molar-refractivity contribution in [2.45, 2.75) is 62.3 Å². The average molecular weight is 523 g/mol. The summed E-state index contributed by atoms with van der Waals surface area (Å²) in [7, 11) is 1.76. The lowest BCUT2D eigenvalue weighted by molar-refractivity contribution is -0.116. The molecular formula is C28H32F2N6O2. The molecule has 7 rings (SSSR count). The largest absolute Gasteiger partial charge is 0.381 e. The quantitative estimate of drug-likeness (QED) is 0.407. The Bertz CT molecular complexity index is 1510. The second-order valence-electron chi connectivity index (χ2n) is 10.7. The number of alkyl halides is 2. The Labute approximate surface area is 218 Å². The van der Waals surface area contributed by atoms with E-state index in [0.29, 0.717) is 35.1 Å². The van der Waals surface area contributed by atoms with Gasteiger partial charge in [-0.15, -0.1) is 10.2 Å². The number of hydrogen-bond donors (Lipinski definition) is 2. The predicted molar refractivity (Wildman–Crippen MR) is 140 cm³/mol. The molecule has 0 bridgehead atoms. The van der Waals surface area contributed by atoms with E-state index in [0.717, 1.165) is 42.7 Å². The number of H-pyrrole nitrogens is 1. The van der Waals surface area contributed by atoms with Crippen LogP contribution in [-0.4, -0.2) is 43.5 Å². The summed E-state index contributed by atoms with van der Waals surface area (Å²) >= 11 is 0. The third kappa shape index (κ3) is 4.35. The van der Waals surface area contributed by atoms with Gasteiger partial charge >= 0.3 is 0 Å². The second-order valence-corrected chi connectivity index (χ2v) is 10.7. The lowest BCUT2D eigenvalue weighted by Crippen LogP contribution is -2.51. The summed E-state index contributed by atoms with van der Waals surface area (Å²) in [5.74, 6) is -1.84. The van der Waals surface area contributed by atoms with Gasteiger partial charge in [0.1, 0.15) is 17.7 Å². The van der Waals surface area contributed by atoms with Gasteiger partial charge in [-0.25, -0.2) is 8.78 Å². The van der Waals surface area contributed by atoms with Crippen molar-refractivity contribution in [1.82, 2.24) is 24.3 Å². The van der Waals surface area contributed by atoms with Crippen LogP contribution in [0.4, 0.5) is 8.78 Å². The van der Waals surface area contributed by atoms with E-state index in [1.807, 2.05) is 36.5 Å². The third-order valence-electron chi connectivity index (χ3n) is 7.89. The van der Waals surface area contributed by atoms with Crippen LogP contribution in [0.3, 0.4) is 0 Å². The number of aromatic amines is 1. The van der Waals surface area contributed by atoms with Crippen molar-refractivity contribution in [2.75, 3.05) is 13.2 Å². The van der Waals surface area contributed by atoms with Crippen LogP contribution in [0.2, 0.25) is 0 Å². The zero-order valence-electron chi connectivity index (χ0n) is 21.4. The highest BCUT2D eigenvalue weighted by molar-refractivity contribution is 5.84. The Morgan fingerprint density at radius 3 is 2.53 bits per heavy atom. The number of nitrogens with two attached hydrogens (primary N) is 1. The highest BCUT2D eigenvalue weighted by atomic mass is 19.3. The molecule has 0 unspecified atom stereocenters. The number of hydrogen-bond acceptors (Lipinski definition) is 5. The van der Waals surface area contributed by atoms with E-state index in [2.05, 4.69) is 15.2 Å². The van der Waals surface area contributed by atoms with Gasteiger partial charge in [-0.05, 0) is 60.9 Å². The van der Waals surface area contributed by atoms with Crippen molar-refractivity contribution in [3.05, 3.63) is 75.9 Å². The first-order valence-electron chi connectivity index (χ1n) is 13.2. The smallest absolute Gasteiger partial charge is 0.279 e. The van der Waals surface area contributed by atoms with Crippen LogP contribution < -0.4 is 11.3 Å². The fraction of sp³-hybridized carbons (Fsp3) is 0.464. The summed E-state index contributed by atoms with van der Waals surface area (Å²) in [5.41, 5.74) is 8.49. The zero-order chi connectivity index (χ0) is 26.5. The molecule has 1 aliphatic heterocycles. The molecule has 10 heteroatoms.